The minimum absolute atomic E-state index is 0.201. The Hall–Kier alpha value is -0.360. The van der Waals surface area contributed by atoms with Crippen LogP contribution in [0.25, 0.3) is 0 Å². The van der Waals surface area contributed by atoms with Crippen LogP contribution in [-0.2, 0) is 19.3 Å². The third kappa shape index (κ3) is 2.50. The summed E-state index contributed by atoms with van der Waals surface area (Å²) >= 11 is 11.7. The highest BCUT2D eigenvalue weighted by Crippen LogP contribution is 2.40. The third-order valence-electron chi connectivity index (χ3n) is 3.30. The summed E-state index contributed by atoms with van der Waals surface area (Å²) < 4.78 is 28.6. The number of pyridine rings is 1. The lowest BCUT2D eigenvalue weighted by Gasteiger charge is -2.35. The van der Waals surface area contributed by atoms with Gasteiger partial charge in [-0.3, -0.25) is 0 Å². The van der Waals surface area contributed by atoms with Gasteiger partial charge in [-0.1, -0.05) is 23.2 Å². The maximum atomic E-state index is 12.2. The molecule has 0 N–H and O–H groups in total. The van der Waals surface area contributed by atoms with E-state index in [0.717, 1.165) is 0 Å². The van der Waals surface area contributed by atoms with Crippen molar-refractivity contribution in [1.29, 1.82) is 0 Å². The monoisotopic (exact) mass is 309 g/mol. The number of halogens is 2. The Bertz CT molecular complexity index is 533. The summed E-state index contributed by atoms with van der Waals surface area (Å²) in [6, 6.07) is 3.14. The summed E-state index contributed by atoms with van der Waals surface area (Å²) in [4.78, 5) is 3.85. The van der Waals surface area contributed by atoms with E-state index in [1.165, 1.54) is 6.26 Å². The Balaban J connectivity index is 2.60. The molecule has 0 spiro atoms. The zero-order valence-corrected chi connectivity index (χ0v) is 12.1. The van der Waals surface area contributed by atoms with Crippen LogP contribution in [0.15, 0.2) is 12.1 Å². The van der Waals surface area contributed by atoms with E-state index < -0.39 is 14.6 Å². The zero-order chi connectivity index (χ0) is 13.4. The van der Waals surface area contributed by atoms with Crippen LogP contribution in [0, 0.1) is 0 Å². The average molecular weight is 310 g/mol. The second kappa shape index (κ2) is 4.96. The van der Waals surface area contributed by atoms with Crippen molar-refractivity contribution >= 4 is 33.0 Å². The van der Waals surface area contributed by atoms with Crippen LogP contribution in [0.5, 0.6) is 0 Å². The molecular weight excluding hydrogens is 297 g/mol. The van der Waals surface area contributed by atoms with Gasteiger partial charge in [-0.2, -0.15) is 0 Å². The number of hydrogen-bond donors (Lipinski definition) is 0. The van der Waals surface area contributed by atoms with Crippen molar-refractivity contribution in [2.24, 2.45) is 0 Å². The number of rotatable bonds is 2. The molecule has 1 aromatic rings. The normalized spacial score (nSPS) is 19.7. The lowest BCUT2D eigenvalue weighted by atomic mass is 9.91. The van der Waals surface area contributed by atoms with Gasteiger partial charge in [0.05, 0.1) is 0 Å². The fraction of sp³-hybridized carbons (Fsp3) is 0.545. The first kappa shape index (κ1) is 14.1. The molecular formula is C11H13Cl2NO3S. The first-order valence-corrected chi connectivity index (χ1v) is 8.11. The molecule has 1 saturated heterocycles. The molecule has 0 atom stereocenters. The van der Waals surface area contributed by atoms with Gasteiger partial charge in [-0.25, -0.2) is 13.4 Å². The van der Waals surface area contributed by atoms with Crippen LogP contribution in [0.2, 0.25) is 10.3 Å². The number of sulfone groups is 1. The Morgan fingerprint density at radius 1 is 1.22 bits per heavy atom. The Morgan fingerprint density at radius 2 is 1.72 bits per heavy atom. The highest BCUT2D eigenvalue weighted by molar-refractivity contribution is 7.91. The van der Waals surface area contributed by atoms with Crippen LogP contribution in [0.4, 0.5) is 0 Å². The first-order chi connectivity index (χ1) is 8.35. The minimum Gasteiger partial charge on any atom is -0.381 e. The molecule has 0 radical (unpaired) electrons. The molecule has 0 aliphatic carbocycles. The van der Waals surface area contributed by atoms with Crippen molar-refractivity contribution < 1.29 is 13.2 Å². The van der Waals surface area contributed by atoms with Gasteiger partial charge in [0.15, 0.2) is 9.84 Å². The maximum Gasteiger partial charge on any atom is 0.157 e. The van der Waals surface area contributed by atoms with Gasteiger partial charge in [-0.15, -0.1) is 0 Å². The Kier molecular flexibility index (Phi) is 3.88. The van der Waals surface area contributed by atoms with Crippen LogP contribution in [-0.4, -0.2) is 32.9 Å². The molecule has 1 aliphatic rings. The number of hydrogen-bond acceptors (Lipinski definition) is 4. The van der Waals surface area contributed by atoms with Crippen molar-refractivity contribution in [3.8, 4) is 0 Å². The predicted molar refractivity (Wildman–Crippen MR) is 70.8 cm³/mol. The van der Waals surface area contributed by atoms with Crippen LogP contribution < -0.4 is 0 Å². The molecule has 0 aromatic carbocycles. The SMILES string of the molecule is CS(=O)(=O)C1(c2cc(Cl)nc(Cl)c2)CCOCC1. The van der Waals surface area contributed by atoms with E-state index in [0.29, 0.717) is 31.6 Å². The predicted octanol–water partition coefficient (Wildman–Crippen LogP) is 2.44. The molecule has 2 rings (SSSR count). The van der Waals surface area contributed by atoms with Gasteiger partial charge in [-0.05, 0) is 30.5 Å². The van der Waals surface area contributed by atoms with Crippen molar-refractivity contribution in [2.45, 2.75) is 17.6 Å². The molecule has 1 aliphatic heterocycles. The summed E-state index contributed by atoms with van der Waals surface area (Å²) in [5, 5.41) is 0.402. The second-order valence-electron chi connectivity index (χ2n) is 4.38. The van der Waals surface area contributed by atoms with Crippen molar-refractivity contribution in [2.75, 3.05) is 19.5 Å². The van der Waals surface area contributed by atoms with E-state index in [2.05, 4.69) is 4.98 Å². The molecule has 2 heterocycles. The molecule has 0 amide bonds. The average Bonchev–Trinajstić information content (AvgIpc) is 2.27. The highest BCUT2D eigenvalue weighted by atomic mass is 35.5. The van der Waals surface area contributed by atoms with Crippen LogP contribution >= 0.6 is 23.2 Å². The van der Waals surface area contributed by atoms with E-state index in [1.54, 1.807) is 12.1 Å². The number of ether oxygens (including phenoxy) is 1. The van der Waals surface area contributed by atoms with Gasteiger partial charge in [0, 0.05) is 19.5 Å². The Labute approximate surface area is 116 Å². The quantitative estimate of drug-likeness (QED) is 0.787. The topological polar surface area (TPSA) is 56.3 Å². The lowest BCUT2D eigenvalue weighted by Crippen LogP contribution is -2.40. The minimum atomic E-state index is -3.30. The van der Waals surface area contributed by atoms with E-state index in [1.807, 2.05) is 0 Å². The van der Waals surface area contributed by atoms with Crippen molar-refractivity contribution in [1.82, 2.24) is 4.98 Å². The van der Waals surface area contributed by atoms with Crippen LogP contribution in [0.1, 0.15) is 18.4 Å². The van der Waals surface area contributed by atoms with Crippen molar-refractivity contribution in [3.05, 3.63) is 28.0 Å². The van der Waals surface area contributed by atoms with Gasteiger partial charge < -0.3 is 4.74 Å². The molecule has 7 heteroatoms. The summed E-state index contributed by atoms with van der Waals surface area (Å²) in [6.45, 7) is 0.815. The van der Waals surface area contributed by atoms with E-state index in [4.69, 9.17) is 27.9 Å². The largest absolute Gasteiger partial charge is 0.381 e. The fourth-order valence-electron chi connectivity index (χ4n) is 2.30. The highest BCUT2D eigenvalue weighted by Gasteiger charge is 2.44. The van der Waals surface area contributed by atoms with E-state index in [9.17, 15) is 8.42 Å². The van der Waals surface area contributed by atoms with E-state index >= 15 is 0 Å². The maximum absolute atomic E-state index is 12.2. The molecule has 0 saturated carbocycles. The standard InChI is InChI=1S/C11H13Cl2NO3S/c1-18(15,16)11(2-4-17-5-3-11)8-6-9(12)14-10(13)7-8/h6-7H,2-5H2,1H3. The summed E-state index contributed by atoms with van der Waals surface area (Å²) in [6.07, 6.45) is 2.05. The lowest BCUT2D eigenvalue weighted by molar-refractivity contribution is 0.0742. The second-order valence-corrected chi connectivity index (χ2v) is 7.48. The van der Waals surface area contributed by atoms with Gasteiger partial charge in [0.1, 0.15) is 15.1 Å². The molecule has 18 heavy (non-hydrogen) atoms. The number of aromatic nitrogens is 1. The molecule has 0 unspecified atom stereocenters. The smallest absolute Gasteiger partial charge is 0.157 e. The van der Waals surface area contributed by atoms with E-state index in [-0.39, 0.29) is 10.3 Å². The molecule has 1 fully saturated rings. The van der Waals surface area contributed by atoms with Crippen molar-refractivity contribution in [3.63, 3.8) is 0 Å². The summed E-state index contributed by atoms with van der Waals surface area (Å²) in [7, 11) is -3.30. The fourth-order valence-corrected chi connectivity index (χ4v) is 4.22. The molecule has 100 valence electrons. The first-order valence-electron chi connectivity index (χ1n) is 5.46. The van der Waals surface area contributed by atoms with Gasteiger partial charge >= 0.3 is 0 Å². The molecule has 1 aromatic heterocycles. The third-order valence-corrected chi connectivity index (χ3v) is 5.75. The van der Waals surface area contributed by atoms with Gasteiger partial charge in [0.2, 0.25) is 0 Å². The Morgan fingerprint density at radius 3 is 2.17 bits per heavy atom. The number of nitrogens with zero attached hydrogens (tertiary/aromatic N) is 1. The summed E-state index contributed by atoms with van der Waals surface area (Å²) in [5.41, 5.74) is 0.596. The zero-order valence-electron chi connectivity index (χ0n) is 9.82. The van der Waals surface area contributed by atoms with Crippen LogP contribution in [0.3, 0.4) is 0 Å². The molecule has 4 nitrogen and oxygen atoms in total. The summed E-state index contributed by atoms with van der Waals surface area (Å²) in [5.74, 6) is 0. The van der Waals surface area contributed by atoms with Gasteiger partial charge in [0.25, 0.3) is 0 Å². The molecule has 0 bridgehead atoms.